The first-order valence-corrected chi connectivity index (χ1v) is 14.3. The van der Waals surface area contributed by atoms with Crippen molar-refractivity contribution in [3.05, 3.63) is 39.8 Å². The molecule has 0 radical (unpaired) electrons. The molecule has 1 aliphatic rings. The highest BCUT2D eigenvalue weighted by molar-refractivity contribution is 7.89. The van der Waals surface area contributed by atoms with Gasteiger partial charge in [0.2, 0.25) is 10.0 Å². The van der Waals surface area contributed by atoms with Gasteiger partial charge in [0, 0.05) is 13.1 Å². The molecule has 14 heteroatoms. The topological polar surface area (TPSA) is 155 Å². The molecule has 1 aromatic heterocycles. The van der Waals surface area contributed by atoms with Gasteiger partial charge in [0.1, 0.15) is 21.2 Å². The second kappa shape index (κ2) is 13.0. The van der Waals surface area contributed by atoms with Gasteiger partial charge in [0.05, 0.1) is 31.8 Å². The third-order valence-electron chi connectivity index (χ3n) is 6.09. The Labute approximate surface area is 230 Å². The van der Waals surface area contributed by atoms with Gasteiger partial charge in [-0.05, 0) is 43.5 Å². The summed E-state index contributed by atoms with van der Waals surface area (Å²) in [5.41, 5.74) is 0.0604. The summed E-state index contributed by atoms with van der Waals surface area (Å²) in [5.74, 6) is -3.20. The lowest BCUT2D eigenvalue weighted by Crippen LogP contribution is -2.32. The van der Waals surface area contributed by atoms with Gasteiger partial charge in [-0.2, -0.15) is 4.31 Å². The Balaban J connectivity index is 1.78. The summed E-state index contributed by atoms with van der Waals surface area (Å²) in [4.78, 5) is 49.8. The van der Waals surface area contributed by atoms with Crippen LogP contribution < -0.4 is 10.1 Å². The van der Waals surface area contributed by atoms with E-state index in [9.17, 15) is 27.6 Å². The Kier molecular flexibility index (Phi) is 10.1. The average molecular weight is 583 g/mol. The van der Waals surface area contributed by atoms with Gasteiger partial charge in [0.25, 0.3) is 5.91 Å². The lowest BCUT2D eigenvalue weighted by Gasteiger charge is -2.20. The largest absolute Gasteiger partial charge is 0.496 e. The van der Waals surface area contributed by atoms with Crippen LogP contribution in [0.15, 0.2) is 23.1 Å². The average Bonchev–Trinajstić information content (AvgIpc) is 3.09. The van der Waals surface area contributed by atoms with Crippen LogP contribution >= 0.6 is 11.3 Å². The minimum atomic E-state index is -3.85. The maximum atomic E-state index is 13.2. The van der Waals surface area contributed by atoms with E-state index in [-0.39, 0.29) is 37.2 Å². The van der Waals surface area contributed by atoms with E-state index in [0.717, 1.165) is 44.1 Å². The summed E-state index contributed by atoms with van der Waals surface area (Å²) in [6.07, 6.45) is 3.40. The van der Waals surface area contributed by atoms with Gasteiger partial charge in [-0.25, -0.2) is 22.8 Å². The Hall–Kier alpha value is -3.49. The summed E-state index contributed by atoms with van der Waals surface area (Å²) in [7, 11) is -0.209. The Morgan fingerprint density at radius 2 is 1.59 bits per heavy atom. The van der Waals surface area contributed by atoms with Crippen molar-refractivity contribution in [1.29, 1.82) is 0 Å². The fraction of sp³-hybridized carbons (Fsp3) is 0.440. The Morgan fingerprint density at radius 3 is 2.18 bits per heavy atom. The van der Waals surface area contributed by atoms with Gasteiger partial charge in [-0.15, -0.1) is 11.3 Å². The van der Waals surface area contributed by atoms with Crippen LogP contribution in [0.25, 0.3) is 0 Å². The predicted molar refractivity (Wildman–Crippen MR) is 141 cm³/mol. The zero-order valence-electron chi connectivity index (χ0n) is 22.0. The van der Waals surface area contributed by atoms with Crippen LogP contribution in [0.1, 0.15) is 61.6 Å². The smallest absolute Gasteiger partial charge is 0.348 e. The molecule has 1 saturated heterocycles. The Morgan fingerprint density at radius 1 is 0.949 bits per heavy atom. The van der Waals surface area contributed by atoms with Crippen molar-refractivity contribution in [2.45, 2.75) is 37.5 Å². The number of hydrogen-bond acceptors (Lipinski definition) is 11. The van der Waals surface area contributed by atoms with Crippen molar-refractivity contribution >= 4 is 50.2 Å². The maximum Gasteiger partial charge on any atom is 0.348 e. The molecule has 0 bridgehead atoms. The van der Waals surface area contributed by atoms with E-state index in [1.807, 2.05) is 0 Å². The number of hydrogen-bond donors (Lipinski definition) is 1. The van der Waals surface area contributed by atoms with E-state index in [1.165, 1.54) is 43.6 Å². The minimum absolute atomic E-state index is 0.0175. The van der Waals surface area contributed by atoms with Crippen LogP contribution in [0.4, 0.5) is 5.00 Å². The second-order valence-corrected chi connectivity index (χ2v) is 11.5. The molecular formula is C25H30N2O10S2. The molecule has 1 aliphatic heterocycles. The summed E-state index contributed by atoms with van der Waals surface area (Å²) < 4.78 is 47.6. The SMILES string of the molecule is COC(=O)c1sc(NC(=O)COC(=O)c2cc(S(=O)(=O)N3CCCCCC3)ccc2OC)c(C(=O)OC)c1C. The number of sulfonamides is 1. The molecule has 2 heterocycles. The monoisotopic (exact) mass is 582 g/mol. The summed E-state index contributed by atoms with van der Waals surface area (Å²) in [6, 6.07) is 3.88. The molecule has 0 atom stereocenters. The summed E-state index contributed by atoms with van der Waals surface area (Å²) >= 11 is 0.808. The molecule has 0 unspecified atom stereocenters. The normalized spacial score (nSPS) is 14.2. The molecule has 1 aromatic carbocycles. The van der Waals surface area contributed by atoms with E-state index in [0.29, 0.717) is 13.1 Å². The van der Waals surface area contributed by atoms with Crippen molar-refractivity contribution < 1.29 is 46.5 Å². The molecule has 1 amide bonds. The number of rotatable bonds is 9. The van der Waals surface area contributed by atoms with Crippen molar-refractivity contribution in [2.75, 3.05) is 46.3 Å². The van der Waals surface area contributed by atoms with Gasteiger partial charge in [-0.3, -0.25) is 4.79 Å². The number of carbonyl (C=O) groups excluding carboxylic acids is 4. The summed E-state index contributed by atoms with van der Waals surface area (Å²) in [5, 5.41) is 2.46. The zero-order chi connectivity index (χ0) is 28.7. The molecule has 0 saturated carbocycles. The van der Waals surface area contributed by atoms with Crippen LogP contribution in [0, 0.1) is 6.92 Å². The van der Waals surface area contributed by atoms with Crippen LogP contribution in [-0.4, -0.2) is 77.6 Å². The fourth-order valence-electron chi connectivity index (χ4n) is 4.05. The molecule has 1 fully saturated rings. The number of thiophene rings is 1. The van der Waals surface area contributed by atoms with Crippen LogP contribution in [0.3, 0.4) is 0 Å². The third-order valence-corrected chi connectivity index (χ3v) is 9.17. The highest BCUT2D eigenvalue weighted by Crippen LogP contribution is 2.34. The van der Waals surface area contributed by atoms with Crippen molar-refractivity contribution in [1.82, 2.24) is 4.31 Å². The standard InChI is InChI=1S/C25H30N2O10S2/c1-15-20(24(30)35-3)22(38-21(15)25(31)36-4)26-19(28)14-37-23(29)17-13-16(9-10-18(17)34-2)39(32,33)27-11-7-5-6-8-12-27/h9-10,13H,5-8,11-12,14H2,1-4H3,(H,26,28). The number of amides is 1. The molecular weight excluding hydrogens is 552 g/mol. The third kappa shape index (κ3) is 6.75. The number of nitrogens with zero attached hydrogens (tertiary/aromatic N) is 1. The number of esters is 3. The first-order chi connectivity index (χ1) is 18.5. The quantitative estimate of drug-likeness (QED) is 0.345. The molecule has 1 N–H and O–H groups in total. The van der Waals surface area contributed by atoms with Gasteiger partial charge < -0.3 is 24.3 Å². The molecule has 3 rings (SSSR count). The predicted octanol–water partition coefficient (Wildman–Crippen LogP) is 3.00. The molecule has 212 valence electrons. The molecule has 39 heavy (non-hydrogen) atoms. The van der Waals surface area contributed by atoms with Crippen LogP contribution in [0.5, 0.6) is 5.75 Å². The number of anilines is 1. The van der Waals surface area contributed by atoms with E-state index in [2.05, 4.69) is 5.32 Å². The fourth-order valence-corrected chi connectivity index (χ4v) is 6.72. The highest BCUT2D eigenvalue weighted by atomic mass is 32.2. The molecule has 12 nitrogen and oxygen atoms in total. The zero-order valence-corrected chi connectivity index (χ0v) is 23.7. The maximum absolute atomic E-state index is 13.2. The van der Waals surface area contributed by atoms with Crippen LogP contribution in [-0.2, 0) is 29.0 Å². The van der Waals surface area contributed by atoms with Crippen molar-refractivity contribution in [3.63, 3.8) is 0 Å². The van der Waals surface area contributed by atoms with Gasteiger partial charge in [-0.1, -0.05) is 12.8 Å². The van der Waals surface area contributed by atoms with Crippen molar-refractivity contribution in [2.24, 2.45) is 0 Å². The number of ether oxygens (including phenoxy) is 4. The van der Waals surface area contributed by atoms with Gasteiger partial charge >= 0.3 is 17.9 Å². The summed E-state index contributed by atoms with van der Waals surface area (Å²) in [6.45, 7) is 1.52. The van der Waals surface area contributed by atoms with E-state index < -0.39 is 40.4 Å². The van der Waals surface area contributed by atoms with Gasteiger partial charge in [0.15, 0.2) is 6.61 Å². The van der Waals surface area contributed by atoms with E-state index in [1.54, 1.807) is 0 Å². The molecule has 2 aromatic rings. The van der Waals surface area contributed by atoms with Crippen LogP contribution in [0.2, 0.25) is 0 Å². The molecule has 0 spiro atoms. The van der Waals surface area contributed by atoms with E-state index >= 15 is 0 Å². The number of benzene rings is 1. The number of methoxy groups -OCH3 is 3. The first-order valence-electron chi connectivity index (χ1n) is 12.0. The lowest BCUT2D eigenvalue weighted by molar-refractivity contribution is -0.119. The van der Waals surface area contributed by atoms with Crippen molar-refractivity contribution in [3.8, 4) is 5.75 Å². The first kappa shape index (κ1) is 30.1. The number of carbonyl (C=O) groups is 4. The lowest BCUT2D eigenvalue weighted by atomic mass is 10.1. The van der Waals surface area contributed by atoms with E-state index in [4.69, 9.17) is 18.9 Å². The number of nitrogens with one attached hydrogen (secondary N) is 1. The second-order valence-electron chi connectivity index (χ2n) is 8.55. The Bertz CT molecular complexity index is 1360. The highest BCUT2D eigenvalue weighted by Gasteiger charge is 2.29. The molecule has 0 aliphatic carbocycles. The minimum Gasteiger partial charge on any atom is -0.496 e.